The monoisotopic (exact) mass is 404 g/mol. The van der Waals surface area contributed by atoms with Crippen molar-refractivity contribution in [2.75, 3.05) is 5.75 Å². The average molecular weight is 405 g/mol. The largest absolute Gasteiger partial charge is 0.328 e. The molecule has 0 unspecified atom stereocenters. The van der Waals surface area contributed by atoms with Crippen LogP contribution in [0.25, 0.3) is 5.57 Å². The van der Waals surface area contributed by atoms with E-state index in [1.807, 2.05) is 30.3 Å². The summed E-state index contributed by atoms with van der Waals surface area (Å²) < 4.78 is 28.7. The summed E-state index contributed by atoms with van der Waals surface area (Å²) in [5.74, 6) is -0.0273. The van der Waals surface area contributed by atoms with Crippen LogP contribution < -0.4 is 0 Å². The number of thioether (sulfide) groups is 1. The third-order valence-corrected chi connectivity index (χ3v) is 6.07. The number of allylic oxidation sites excluding steroid dienone is 2. The van der Waals surface area contributed by atoms with Crippen LogP contribution >= 0.6 is 11.8 Å². The number of rotatable bonds is 10. The second-order valence-corrected chi connectivity index (χ2v) is 8.92. The summed E-state index contributed by atoms with van der Waals surface area (Å²) in [4.78, 5) is 0.722. The minimum Gasteiger partial charge on any atom is -0.267 e. The highest BCUT2D eigenvalue weighted by molar-refractivity contribution is 8.18. The molecule has 2 rings (SSSR count). The first-order valence-corrected chi connectivity index (χ1v) is 11.5. The molecule has 0 N–H and O–H groups in total. The fraction of sp³-hybridized carbons (Fsp3) is 0.400. The van der Waals surface area contributed by atoms with Crippen LogP contribution in [0.15, 0.2) is 52.5 Å². The molecule has 0 fully saturated rings. The molecular weight excluding hydrogens is 380 g/mol. The number of nitrogens with zero attached hydrogens (tertiary/aromatic N) is 2. The molecule has 0 spiro atoms. The van der Waals surface area contributed by atoms with Gasteiger partial charge in [0, 0.05) is 4.91 Å². The molecule has 0 aromatic heterocycles. The molecule has 1 aromatic carbocycles. The fourth-order valence-corrected chi connectivity index (χ4v) is 4.28. The van der Waals surface area contributed by atoms with E-state index in [0.717, 1.165) is 36.2 Å². The van der Waals surface area contributed by atoms with Gasteiger partial charge in [-0.25, -0.2) is 0 Å². The fourth-order valence-electron chi connectivity index (χ4n) is 2.57. The van der Waals surface area contributed by atoms with Crippen molar-refractivity contribution in [2.45, 2.75) is 45.4 Å². The number of benzene rings is 1. The van der Waals surface area contributed by atoms with Gasteiger partial charge in [0.1, 0.15) is 11.1 Å². The summed E-state index contributed by atoms with van der Waals surface area (Å²) in [7, 11) is -3.67. The van der Waals surface area contributed by atoms with E-state index in [2.05, 4.69) is 18.1 Å². The van der Waals surface area contributed by atoms with Crippen LogP contribution in [0.3, 0.4) is 0 Å². The second kappa shape index (κ2) is 11.0. The quantitative estimate of drug-likeness (QED) is 0.302. The molecule has 1 aliphatic heterocycles. The lowest BCUT2D eigenvalue weighted by Crippen LogP contribution is -2.08. The van der Waals surface area contributed by atoms with Crippen molar-refractivity contribution in [3.8, 4) is 6.07 Å². The average Bonchev–Trinajstić information content (AvgIpc) is 3.13. The predicted octanol–water partition coefficient (Wildman–Crippen LogP) is 5.24. The Morgan fingerprint density at radius 2 is 1.81 bits per heavy atom. The molecule has 1 heterocycles. The first-order chi connectivity index (χ1) is 13.1. The third kappa shape index (κ3) is 7.24. The Kier molecular flexibility index (Phi) is 8.62. The Morgan fingerprint density at radius 1 is 1.11 bits per heavy atom. The Morgan fingerprint density at radius 3 is 2.52 bits per heavy atom. The van der Waals surface area contributed by atoms with Crippen molar-refractivity contribution in [3.63, 3.8) is 0 Å². The molecule has 144 valence electrons. The van der Waals surface area contributed by atoms with Crippen LogP contribution in [0, 0.1) is 11.3 Å². The van der Waals surface area contributed by atoms with E-state index >= 15 is 0 Å². The number of nitriles is 1. The van der Waals surface area contributed by atoms with Crippen molar-refractivity contribution in [3.05, 3.63) is 53.0 Å². The molecule has 0 bridgehead atoms. The number of hydrogen-bond acceptors (Lipinski definition) is 6. The normalized spacial score (nSPS) is 17.1. The summed E-state index contributed by atoms with van der Waals surface area (Å²) in [6, 6.07) is 11.5. The van der Waals surface area contributed by atoms with Gasteiger partial charge in [0.15, 0.2) is 0 Å². The van der Waals surface area contributed by atoms with Crippen LogP contribution in [0.4, 0.5) is 0 Å². The van der Waals surface area contributed by atoms with Crippen molar-refractivity contribution in [2.24, 2.45) is 5.16 Å². The molecule has 0 saturated heterocycles. The van der Waals surface area contributed by atoms with E-state index < -0.39 is 10.1 Å². The zero-order chi connectivity index (χ0) is 19.5. The van der Waals surface area contributed by atoms with Gasteiger partial charge < -0.3 is 0 Å². The molecule has 0 atom stereocenters. The number of unbranched alkanes of at least 4 members (excludes halogenated alkanes) is 5. The maximum absolute atomic E-state index is 11.9. The molecule has 7 heteroatoms. The van der Waals surface area contributed by atoms with Gasteiger partial charge in [0.2, 0.25) is 0 Å². The van der Waals surface area contributed by atoms with Crippen molar-refractivity contribution in [1.82, 2.24) is 0 Å². The molecule has 0 amide bonds. The van der Waals surface area contributed by atoms with E-state index in [1.165, 1.54) is 18.2 Å². The van der Waals surface area contributed by atoms with Gasteiger partial charge in [0.25, 0.3) is 0 Å². The van der Waals surface area contributed by atoms with Crippen molar-refractivity contribution >= 4 is 32.5 Å². The minimum absolute atomic E-state index is 0.0273. The maximum atomic E-state index is 11.9. The van der Waals surface area contributed by atoms with Crippen LogP contribution in [-0.2, 0) is 14.4 Å². The van der Waals surface area contributed by atoms with Crippen LogP contribution in [0.1, 0.15) is 51.0 Å². The predicted molar refractivity (Wildman–Crippen MR) is 111 cm³/mol. The summed E-state index contributed by atoms with van der Waals surface area (Å²) in [5, 5.41) is 13.6. The molecule has 1 aromatic rings. The zero-order valence-corrected chi connectivity index (χ0v) is 17.1. The number of hydrogen-bond donors (Lipinski definition) is 0. The Balaban J connectivity index is 1.89. The molecule has 27 heavy (non-hydrogen) atoms. The van der Waals surface area contributed by atoms with Gasteiger partial charge >= 0.3 is 10.1 Å². The molecule has 5 nitrogen and oxygen atoms in total. The Hall–Kier alpha value is -2.04. The van der Waals surface area contributed by atoms with Crippen LogP contribution in [0.5, 0.6) is 0 Å². The SMILES string of the molecule is CCCCCCCCS(=O)(=O)O/N=C1C=C/C(=C(\C#N)c2ccccc2)S\1. The topological polar surface area (TPSA) is 79.5 Å². The zero-order valence-electron chi connectivity index (χ0n) is 15.4. The lowest BCUT2D eigenvalue weighted by Gasteiger charge is -2.03. The Labute approximate surface area is 165 Å². The van der Waals surface area contributed by atoms with Crippen molar-refractivity contribution < 1.29 is 12.7 Å². The van der Waals surface area contributed by atoms with Gasteiger partial charge in [-0.05, 0) is 24.1 Å². The van der Waals surface area contributed by atoms with Gasteiger partial charge in [-0.1, -0.05) is 86.3 Å². The highest BCUT2D eigenvalue weighted by Gasteiger charge is 2.17. The smallest absolute Gasteiger partial charge is 0.267 e. The molecule has 0 radical (unpaired) electrons. The Bertz CT molecular complexity index is 851. The standard InChI is InChI=1S/C20H24N2O3S2/c1-2-3-4-5-6-10-15-27(23,24)25-22-20-14-13-19(26-20)18(16-21)17-11-8-7-9-12-17/h7-9,11-14H,2-6,10,15H2,1H3/b19-18-,22-20+. The summed E-state index contributed by atoms with van der Waals surface area (Å²) in [6.07, 6.45) is 9.39. The maximum Gasteiger partial charge on any atom is 0.328 e. The molecule has 0 saturated carbocycles. The first kappa shape index (κ1) is 21.3. The minimum atomic E-state index is -3.67. The van der Waals surface area contributed by atoms with Gasteiger partial charge in [0.05, 0.1) is 11.3 Å². The lowest BCUT2D eigenvalue weighted by atomic mass is 10.1. The summed E-state index contributed by atoms with van der Waals surface area (Å²) in [5.41, 5.74) is 1.34. The third-order valence-electron chi connectivity index (χ3n) is 4.00. The van der Waals surface area contributed by atoms with E-state index in [1.54, 1.807) is 12.2 Å². The second-order valence-electron chi connectivity index (χ2n) is 6.19. The summed E-state index contributed by atoms with van der Waals surface area (Å²) in [6.45, 7) is 2.15. The highest BCUT2D eigenvalue weighted by Crippen LogP contribution is 2.33. The molecular formula is C20H24N2O3S2. The van der Waals surface area contributed by atoms with E-state index in [0.29, 0.717) is 17.0 Å². The molecule has 1 aliphatic rings. The van der Waals surface area contributed by atoms with Crippen LogP contribution in [0.2, 0.25) is 0 Å². The van der Waals surface area contributed by atoms with E-state index in [9.17, 15) is 13.7 Å². The van der Waals surface area contributed by atoms with E-state index in [-0.39, 0.29) is 5.75 Å². The lowest BCUT2D eigenvalue weighted by molar-refractivity contribution is 0.339. The van der Waals surface area contributed by atoms with Gasteiger partial charge in [-0.3, -0.25) is 4.28 Å². The van der Waals surface area contributed by atoms with Gasteiger partial charge in [-0.15, -0.1) is 0 Å². The number of oxime groups is 1. The molecule has 0 aliphatic carbocycles. The van der Waals surface area contributed by atoms with Crippen molar-refractivity contribution in [1.29, 1.82) is 5.26 Å². The highest BCUT2D eigenvalue weighted by atomic mass is 32.2. The van der Waals surface area contributed by atoms with Crippen LogP contribution in [-0.4, -0.2) is 19.2 Å². The first-order valence-electron chi connectivity index (χ1n) is 9.11. The van der Waals surface area contributed by atoms with E-state index in [4.69, 9.17) is 4.28 Å². The van der Waals surface area contributed by atoms with Gasteiger partial charge in [-0.2, -0.15) is 13.7 Å². The summed E-state index contributed by atoms with van der Waals surface area (Å²) >= 11 is 1.22.